The first-order chi connectivity index (χ1) is 10.0. The van der Waals surface area contributed by atoms with Crippen LogP contribution in [0.15, 0.2) is 40.9 Å². The van der Waals surface area contributed by atoms with Gasteiger partial charge in [0.2, 0.25) is 0 Å². The zero-order valence-corrected chi connectivity index (χ0v) is 13.8. The van der Waals surface area contributed by atoms with Crippen LogP contribution in [0.25, 0.3) is 0 Å². The normalized spacial score (nSPS) is 12.4. The molecule has 0 bridgehead atoms. The van der Waals surface area contributed by atoms with E-state index in [1.54, 1.807) is 12.1 Å². The summed E-state index contributed by atoms with van der Waals surface area (Å²) in [7, 11) is 0. The predicted molar refractivity (Wildman–Crippen MR) is 85.6 cm³/mol. The maximum atomic E-state index is 13.6. The predicted octanol–water partition coefficient (Wildman–Crippen LogP) is 5.27. The summed E-state index contributed by atoms with van der Waals surface area (Å²) in [5.74, 6) is -0.750. The summed E-state index contributed by atoms with van der Waals surface area (Å²) in [5.41, 5.74) is 1.62. The highest BCUT2D eigenvalue weighted by atomic mass is 79.9. The van der Waals surface area contributed by atoms with E-state index in [-0.39, 0.29) is 16.9 Å². The Morgan fingerprint density at radius 1 is 1.19 bits per heavy atom. The molecule has 0 heterocycles. The number of hydrogen-bond acceptors (Lipinski definition) is 1. The molecule has 0 amide bonds. The second-order valence-electron chi connectivity index (χ2n) is 4.70. The summed E-state index contributed by atoms with van der Waals surface area (Å²) < 4.78 is 27.7. The van der Waals surface area contributed by atoms with E-state index in [2.05, 4.69) is 21.2 Å². The van der Waals surface area contributed by atoms with Gasteiger partial charge in [-0.15, -0.1) is 0 Å². The van der Waals surface area contributed by atoms with Crippen LogP contribution in [0, 0.1) is 11.6 Å². The summed E-state index contributed by atoms with van der Waals surface area (Å²) in [6, 6.07) is 9.55. The van der Waals surface area contributed by atoms with Crippen molar-refractivity contribution < 1.29 is 8.78 Å². The minimum absolute atomic E-state index is 0.0981. The molecular weight excluding hydrogens is 360 g/mol. The largest absolute Gasteiger partial charge is 0.310 e. The van der Waals surface area contributed by atoms with Crippen LogP contribution < -0.4 is 5.32 Å². The van der Waals surface area contributed by atoms with Gasteiger partial charge in [0.15, 0.2) is 0 Å². The Morgan fingerprint density at radius 3 is 2.62 bits per heavy atom. The Bertz CT molecular complexity index is 634. The lowest BCUT2D eigenvalue weighted by atomic mass is 9.98. The van der Waals surface area contributed by atoms with Gasteiger partial charge in [0.05, 0.1) is 9.50 Å². The Labute approximate surface area is 136 Å². The molecule has 1 atom stereocenters. The van der Waals surface area contributed by atoms with Gasteiger partial charge in [-0.3, -0.25) is 0 Å². The zero-order valence-electron chi connectivity index (χ0n) is 11.5. The number of hydrogen-bond donors (Lipinski definition) is 1. The molecule has 0 aliphatic heterocycles. The molecule has 0 fully saturated rings. The molecule has 0 aromatic heterocycles. The van der Waals surface area contributed by atoms with Gasteiger partial charge in [-0.05, 0) is 58.2 Å². The number of rotatable bonds is 5. The van der Waals surface area contributed by atoms with Crippen molar-refractivity contribution in [1.82, 2.24) is 5.32 Å². The average molecular weight is 375 g/mol. The lowest BCUT2D eigenvalue weighted by Gasteiger charge is -2.19. The molecule has 0 aliphatic carbocycles. The summed E-state index contributed by atoms with van der Waals surface area (Å²) in [6.07, 6.45) is 0.549. The molecule has 21 heavy (non-hydrogen) atoms. The van der Waals surface area contributed by atoms with Crippen LogP contribution in [-0.4, -0.2) is 6.54 Å². The molecule has 1 unspecified atom stereocenters. The molecule has 1 N–H and O–H groups in total. The van der Waals surface area contributed by atoms with E-state index in [0.717, 1.165) is 17.7 Å². The quantitative estimate of drug-likeness (QED) is 0.751. The molecule has 0 spiro atoms. The Balaban J connectivity index is 2.30. The maximum Gasteiger partial charge on any atom is 0.142 e. The molecule has 2 rings (SSSR count). The summed E-state index contributed by atoms with van der Waals surface area (Å²) in [4.78, 5) is 0. The fraction of sp³-hybridized carbons (Fsp3) is 0.250. The van der Waals surface area contributed by atoms with Gasteiger partial charge in [0.25, 0.3) is 0 Å². The van der Waals surface area contributed by atoms with Crippen LogP contribution in [0.5, 0.6) is 0 Å². The molecule has 5 heteroatoms. The molecule has 112 valence electrons. The SMILES string of the molecule is CCNC(Cc1cccc(F)c1Br)c1ccc(Cl)c(F)c1. The van der Waals surface area contributed by atoms with Gasteiger partial charge < -0.3 is 5.32 Å². The second kappa shape index (κ2) is 7.34. The zero-order chi connectivity index (χ0) is 15.4. The molecule has 1 nitrogen and oxygen atoms in total. The van der Waals surface area contributed by atoms with Crippen LogP contribution in [0.1, 0.15) is 24.1 Å². The standard InChI is InChI=1S/C16H15BrClF2N/c1-2-21-15(10-6-7-12(18)14(20)8-10)9-11-4-3-5-13(19)16(11)17/h3-8,15,21H,2,9H2,1H3. The van der Waals surface area contributed by atoms with E-state index >= 15 is 0 Å². The van der Waals surface area contributed by atoms with Gasteiger partial charge in [0, 0.05) is 6.04 Å². The van der Waals surface area contributed by atoms with Crippen molar-refractivity contribution in [2.75, 3.05) is 6.54 Å². The highest BCUT2D eigenvalue weighted by molar-refractivity contribution is 9.10. The van der Waals surface area contributed by atoms with Gasteiger partial charge in [-0.25, -0.2) is 8.78 Å². The fourth-order valence-corrected chi connectivity index (χ4v) is 2.75. The van der Waals surface area contributed by atoms with Gasteiger partial charge >= 0.3 is 0 Å². The van der Waals surface area contributed by atoms with Crippen LogP contribution in [0.4, 0.5) is 8.78 Å². The fourth-order valence-electron chi connectivity index (χ4n) is 2.21. The Kier molecular flexibility index (Phi) is 5.73. The van der Waals surface area contributed by atoms with Crippen molar-refractivity contribution in [2.45, 2.75) is 19.4 Å². The van der Waals surface area contributed by atoms with Crippen molar-refractivity contribution >= 4 is 27.5 Å². The topological polar surface area (TPSA) is 12.0 Å². The minimum atomic E-state index is -0.449. The van der Waals surface area contributed by atoms with Gasteiger partial charge in [-0.2, -0.15) is 0 Å². The molecule has 2 aromatic carbocycles. The molecule has 0 saturated carbocycles. The van der Waals surface area contributed by atoms with Crippen LogP contribution >= 0.6 is 27.5 Å². The smallest absolute Gasteiger partial charge is 0.142 e. The van der Waals surface area contributed by atoms with Crippen LogP contribution in [0.3, 0.4) is 0 Å². The molecule has 0 aliphatic rings. The second-order valence-corrected chi connectivity index (χ2v) is 5.90. The third-order valence-electron chi connectivity index (χ3n) is 3.25. The third kappa shape index (κ3) is 4.02. The summed E-state index contributed by atoms with van der Waals surface area (Å²) in [6.45, 7) is 2.70. The van der Waals surface area contributed by atoms with E-state index < -0.39 is 5.82 Å². The highest BCUT2D eigenvalue weighted by Crippen LogP contribution is 2.27. The highest BCUT2D eigenvalue weighted by Gasteiger charge is 2.16. The third-order valence-corrected chi connectivity index (χ3v) is 4.45. The first kappa shape index (κ1) is 16.4. The van der Waals surface area contributed by atoms with Crippen molar-refractivity contribution in [2.24, 2.45) is 0 Å². The molecular formula is C16H15BrClF2N. The van der Waals surface area contributed by atoms with E-state index in [9.17, 15) is 8.78 Å². The Hall–Kier alpha value is -0.970. The monoisotopic (exact) mass is 373 g/mol. The number of halogens is 4. The van der Waals surface area contributed by atoms with Crippen LogP contribution in [-0.2, 0) is 6.42 Å². The van der Waals surface area contributed by atoms with E-state index in [0.29, 0.717) is 10.9 Å². The number of likely N-dealkylation sites (N-methyl/N-ethyl adjacent to an activating group) is 1. The van der Waals surface area contributed by atoms with E-state index in [1.165, 1.54) is 18.2 Å². The first-order valence-electron chi connectivity index (χ1n) is 6.64. The first-order valence-corrected chi connectivity index (χ1v) is 7.81. The number of benzene rings is 2. The van der Waals surface area contributed by atoms with E-state index in [4.69, 9.17) is 11.6 Å². The van der Waals surface area contributed by atoms with Crippen molar-refractivity contribution in [3.8, 4) is 0 Å². The number of nitrogens with one attached hydrogen (secondary N) is 1. The van der Waals surface area contributed by atoms with E-state index in [1.807, 2.05) is 13.0 Å². The van der Waals surface area contributed by atoms with Crippen molar-refractivity contribution in [3.05, 3.63) is 68.7 Å². The van der Waals surface area contributed by atoms with Crippen molar-refractivity contribution in [1.29, 1.82) is 0 Å². The maximum absolute atomic E-state index is 13.6. The van der Waals surface area contributed by atoms with Crippen molar-refractivity contribution in [3.63, 3.8) is 0 Å². The van der Waals surface area contributed by atoms with Gasteiger partial charge in [0.1, 0.15) is 11.6 Å². The van der Waals surface area contributed by atoms with Gasteiger partial charge in [-0.1, -0.05) is 36.7 Å². The molecule has 0 saturated heterocycles. The average Bonchev–Trinajstić information content (AvgIpc) is 2.46. The summed E-state index contributed by atoms with van der Waals surface area (Å²) >= 11 is 8.98. The summed E-state index contributed by atoms with van der Waals surface area (Å²) in [5, 5.41) is 3.39. The lowest BCUT2D eigenvalue weighted by Crippen LogP contribution is -2.23. The van der Waals surface area contributed by atoms with Crippen LogP contribution in [0.2, 0.25) is 5.02 Å². The minimum Gasteiger partial charge on any atom is -0.310 e. The lowest BCUT2D eigenvalue weighted by molar-refractivity contribution is 0.538. The molecule has 0 radical (unpaired) electrons. The Morgan fingerprint density at radius 2 is 1.95 bits per heavy atom. The molecule has 2 aromatic rings.